The molecule has 2 aromatic rings. The van der Waals surface area contributed by atoms with E-state index in [2.05, 4.69) is 15.3 Å². The van der Waals surface area contributed by atoms with Gasteiger partial charge in [-0.2, -0.15) is 0 Å². The van der Waals surface area contributed by atoms with E-state index in [1.54, 1.807) is 25.1 Å². The van der Waals surface area contributed by atoms with Crippen molar-refractivity contribution in [2.75, 3.05) is 6.54 Å². The van der Waals surface area contributed by atoms with Crippen LogP contribution in [0.15, 0.2) is 23.0 Å². The van der Waals surface area contributed by atoms with Crippen LogP contribution in [0, 0.1) is 0 Å². The first kappa shape index (κ1) is 11.8. The van der Waals surface area contributed by atoms with E-state index in [0.717, 1.165) is 5.56 Å². The van der Waals surface area contributed by atoms with Crippen LogP contribution in [0.2, 0.25) is 0 Å². The summed E-state index contributed by atoms with van der Waals surface area (Å²) in [6.07, 6.45) is -2.37. The second-order valence-corrected chi connectivity index (χ2v) is 3.91. The Kier molecular flexibility index (Phi) is 3.23. The molecule has 0 bridgehead atoms. The van der Waals surface area contributed by atoms with Gasteiger partial charge in [-0.25, -0.2) is 13.6 Å². The highest BCUT2D eigenvalue weighted by Gasteiger charge is 2.09. The number of H-pyrrole nitrogens is 2. The summed E-state index contributed by atoms with van der Waals surface area (Å²) in [5.74, 6) is 0. The van der Waals surface area contributed by atoms with Crippen molar-refractivity contribution in [1.82, 2.24) is 15.3 Å². The molecule has 0 radical (unpaired) electrons. The van der Waals surface area contributed by atoms with Crippen LogP contribution in [0.1, 0.15) is 18.5 Å². The maximum atomic E-state index is 12.1. The van der Waals surface area contributed by atoms with Crippen LogP contribution in [-0.2, 0) is 0 Å². The molecule has 0 fully saturated rings. The Hall–Kier alpha value is -1.69. The van der Waals surface area contributed by atoms with Gasteiger partial charge in [0.2, 0.25) is 0 Å². The molecule has 0 saturated heterocycles. The van der Waals surface area contributed by atoms with E-state index in [-0.39, 0.29) is 18.3 Å². The van der Waals surface area contributed by atoms with Gasteiger partial charge in [0.25, 0.3) is 6.43 Å². The number of hydrogen-bond donors (Lipinski definition) is 3. The molecule has 0 spiro atoms. The number of halogens is 2. The molecule has 6 heteroatoms. The normalized spacial score (nSPS) is 13.4. The van der Waals surface area contributed by atoms with Crippen LogP contribution in [-0.4, -0.2) is 22.9 Å². The molecule has 17 heavy (non-hydrogen) atoms. The first-order chi connectivity index (χ1) is 8.06. The third-order valence-corrected chi connectivity index (χ3v) is 2.62. The molecule has 1 heterocycles. The van der Waals surface area contributed by atoms with Gasteiger partial charge in [0, 0.05) is 6.04 Å². The Bertz CT molecular complexity index is 561. The highest BCUT2D eigenvalue weighted by atomic mass is 19.3. The van der Waals surface area contributed by atoms with E-state index in [4.69, 9.17) is 0 Å². The van der Waals surface area contributed by atoms with Gasteiger partial charge in [-0.1, -0.05) is 6.07 Å². The number of aromatic amines is 2. The molecule has 3 N–H and O–H groups in total. The molecule has 0 amide bonds. The number of imidazole rings is 1. The number of nitrogens with one attached hydrogen (secondary N) is 3. The van der Waals surface area contributed by atoms with Crippen molar-refractivity contribution in [3.05, 3.63) is 34.2 Å². The highest BCUT2D eigenvalue weighted by molar-refractivity contribution is 5.75. The fourth-order valence-corrected chi connectivity index (χ4v) is 1.70. The lowest BCUT2D eigenvalue weighted by Crippen LogP contribution is -2.24. The Labute approximate surface area is 96.0 Å². The van der Waals surface area contributed by atoms with E-state index >= 15 is 0 Å². The third-order valence-electron chi connectivity index (χ3n) is 2.62. The average molecular weight is 241 g/mol. The van der Waals surface area contributed by atoms with Gasteiger partial charge in [-0.05, 0) is 24.6 Å². The van der Waals surface area contributed by atoms with Crippen molar-refractivity contribution in [1.29, 1.82) is 0 Å². The fraction of sp³-hybridized carbons (Fsp3) is 0.364. The first-order valence-corrected chi connectivity index (χ1v) is 5.30. The zero-order valence-electron chi connectivity index (χ0n) is 9.26. The minimum Gasteiger partial charge on any atom is -0.306 e. The molecule has 1 aromatic carbocycles. The van der Waals surface area contributed by atoms with Crippen LogP contribution >= 0.6 is 0 Å². The van der Waals surface area contributed by atoms with Gasteiger partial charge in [0.1, 0.15) is 0 Å². The van der Waals surface area contributed by atoms with Gasteiger partial charge < -0.3 is 15.3 Å². The molecule has 0 aliphatic rings. The van der Waals surface area contributed by atoms with Crippen LogP contribution in [0.3, 0.4) is 0 Å². The maximum absolute atomic E-state index is 12.1. The summed E-state index contributed by atoms with van der Waals surface area (Å²) in [6.45, 7) is 1.46. The molecule has 1 atom stereocenters. The van der Waals surface area contributed by atoms with Crippen LogP contribution in [0.4, 0.5) is 8.78 Å². The second-order valence-electron chi connectivity index (χ2n) is 3.91. The number of rotatable bonds is 4. The highest BCUT2D eigenvalue weighted by Crippen LogP contribution is 2.16. The summed E-state index contributed by atoms with van der Waals surface area (Å²) in [7, 11) is 0. The van der Waals surface area contributed by atoms with Crippen molar-refractivity contribution in [3.63, 3.8) is 0 Å². The lowest BCUT2D eigenvalue weighted by atomic mass is 10.1. The Morgan fingerprint density at radius 1 is 1.29 bits per heavy atom. The molecular formula is C11H13F2N3O. The van der Waals surface area contributed by atoms with E-state index in [1.807, 2.05) is 0 Å². The summed E-state index contributed by atoms with van der Waals surface area (Å²) in [5, 5.41) is 2.72. The number of alkyl halides is 2. The van der Waals surface area contributed by atoms with Crippen molar-refractivity contribution < 1.29 is 8.78 Å². The monoisotopic (exact) mass is 241 g/mol. The average Bonchev–Trinajstić information content (AvgIpc) is 2.64. The summed E-state index contributed by atoms with van der Waals surface area (Å²) < 4.78 is 24.1. The maximum Gasteiger partial charge on any atom is 0.323 e. The summed E-state index contributed by atoms with van der Waals surface area (Å²) in [4.78, 5) is 16.3. The number of fused-ring (bicyclic) bond motifs is 1. The van der Waals surface area contributed by atoms with Crippen LogP contribution in [0.25, 0.3) is 11.0 Å². The third kappa shape index (κ3) is 2.71. The SMILES string of the molecule is CC(NCC(F)F)c1ccc2[nH]c(=O)[nH]c2c1. The lowest BCUT2D eigenvalue weighted by molar-refractivity contribution is 0.142. The molecule has 0 aliphatic carbocycles. The van der Waals surface area contributed by atoms with Crippen molar-refractivity contribution in [2.45, 2.75) is 19.4 Å². The van der Waals surface area contributed by atoms with Crippen LogP contribution in [0.5, 0.6) is 0 Å². The minimum atomic E-state index is -2.37. The molecule has 0 aliphatic heterocycles. The predicted octanol–water partition coefficient (Wildman–Crippen LogP) is 1.77. The topological polar surface area (TPSA) is 60.7 Å². The van der Waals surface area contributed by atoms with Crippen LogP contribution < -0.4 is 11.0 Å². The quantitative estimate of drug-likeness (QED) is 0.764. The smallest absolute Gasteiger partial charge is 0.306 e. The lowest BCUT2D eigenvalue weighted by Gasteiger charge is -2.13. The Balaban J connectivity index is 2.20. The molecule has 4 nitrogen and oxygen atoms in total. The van der Waals surface area contributed by atoms with Crippen molar-refractivity contribution in [2.24, 2.45) is 0 Å². The molecule has 2 rings (SSSR count). The van der Waals surface area contributed by atoms with E-state index < -0.39 is 6.43 Å². The van der Waals surface area contributed by atoms with E-state index in [0.29, 0.717) is 11.0 Å². The standard InChI is InChI=1S/C11H13F2N3O/c1-6(14-5-10(12)13)7-2-3-8-9(4-7)16-11(17)15-8/h2-4,6,10,14H,5H2,1H3,(H2,15,16,17). The Morgan fingerprint density at radius 2 is 2.00 bits per heavy atom. The van der Waals surface area contributed by atoms with Gasteiger partial charge in [-0.3, -0.25) is 0 Å². The largest absolute Gasteiger partial charge is 0.323 e. The van der Waals surface area contributed by atoms with Crippen molar-refractivity contribution in [3.8, 4) is 0 Å². The predicted molar refractivity (Wildman–Crippen MR) is 61.3 cm³/mol. The summed E-state index contributed by atoms with van der Waals surface area (Å²) in [6, 6.07) is 5.14. The zero-order chi connectivity index (χ0) is 12.4. The first-order valence-electron chi connectivity index (χ1n) is 5.30. The van der Waals surface area contributed by atoms with Gasteiger partial charge in [0.15, 0.2) is 0 Å². The molecule has 1 unspecified atom stereocenters. The fourth-order valence-electron chi connectivity index (χ4n) is 1.70. The van der Waals surface area contributed by atoms with E-state index in [1.165, 1.54) is 0 Å². The van der Waals surface area contributed by atoms with E-state index in [9.17, 15) is 13.6 Å². The number of aromatic nitrogens is 2. The summed E-state index contributed by atoms with van der Waals surface area (Å²) >= 11 is 0. The molecule has 0 saturated carbocycles. The second kappa shape index (κ2) is 4.67. The van der Waals surface area contributed by atoms with Gasteiger partial charge in [-0.15, -0.1) is 0 Å². The molecule has 1 aromatic heterocycles. The number of hydrogen-bond acceptors (Lipinski definition) is 2. The zero-order valence-corrected chi connectivity index (χ0v) is 9.26. The summed E-state index contributed by atoms with van der Waals surface area (Å²) in [5.41, 5.74) is 1.97. The molecular weight excluding hydrogens is 228 g/mol. The van der Waals surface area contributed by atoms with Crippen molar-refractivity contribution >= 4 is 11.0 Å². The van der Waals surface area contributed by atoms with Gasteiger partial charge in [0.05, 0.1) is 17.6 Å². The number of benzene rings is 1. The van der Waals surface area contributed by atoms with Gasteiger partial charge >= 0.3 is 5.69 Å². The Morgan fingerprint density at radius 3 is 2.71 bits per heavy atom. The minimum absolute atomic E-state index is 0.188. The molecule has 92 valence electrons.